The maximum atomic E-state index is 12.5. The summed E-state index contributed by atoms with van der Waals surface area (Å²) in [5, 5.41) is 2.33. The highest BCUT2D eigenvalue weighted by atomic mass is 16.2. The molecule has 5 heteroatoms. The molecule has 2 heterocycles. The molecule has 0 aromatic heterocycles. The van der Waals surface area contributed by atoms with E-state index in [4.69, 9.17) is 0 Å². The molecule has 118 valence electrons. The summed E-state index contributed by atoms with van der Waals surface area (Å²) in [6, 6.07) is 5.68. The van der Waals surface area contributed by atoms with Gasteiger partial charge in [-0.05, 0) is 31.9 Å². The van der Waals surface area contributed by atoms with Crippen LogP contribution in [0, 0.1) is 6.92 Å². The second-order valence-electron chi connectivity index (χ2n) is 5.70. The van der Waals surface area contributed by atoms with Crippen molar-refractivity contribution < 1.29 is 14.4 Å². The van der Waals surface area contributed by atoms with Gasteiger partial charge in [-0.2, -0.15) is 0 Å². The molecule has 0 radical (unpaired) electrons. The molecule has 0 spiro atoms. The zero-order chi connectivity index (χ0) is 16.5. The van der Waals surface area contributed by atoms with E-state index < -0.39 is 5.54 Å². The summed E-state index contributed by atoms with van der Waals surface area (Å²) in [5.41, 5.74) is 1.74. The maximum Gasteiger partial charge on any atom is 0.255 e. The molecule has 0 saturated carbocycles. The van der Waals surface area contributed by atoms with Crippen LogP contribution in [0.15, 0.2) is 18.2 Å². The molecule has 22 heavy (non-hydrogen) atoms. The van der Waals surface area contributed by atoms with Gasteiger partial charge in [-0.3, -0.25) is 19.7 Å². The van der Waals surface area contributed by atoms with Gasteiger partial charge in [-0.1, -0.05) is 31.5 Å². The van der Waals surface area contributed by atoms with Crippen LogP contribution in [-0.2, 0) is 16.1 Å². The van der Waals surface area contributed by atoms with Crippen LogP contribution in [0.3, 0.4) is 0 Å². The Morgan fingerprint density at radius 2 is 1.86 bits per heavy atom. The predicted molar refractivity (Wildman–Crippen MR) is 83.2 cm³/mol. The number of carbonyl (C=O) groups excluding carboxylic acids is 3. The summed E-state index contributed by atoms with van der Waals surface area (Å²) in [6.45, 7) is 8.13. The fourth-order valence-electron chi connectivity index (χ4n) is 2.90. The molecular weight excluding hydrogens is 280 g/mol. The van der Waals surface area contributed by atoms with Crippen LogP contribution in [0.4, 0.5) is 0 Å². The van der Waals surface area contributed by atoms with Crippen LogP contribution >= 0.6 is 0 Å². The molecular formula is C17H22N2O3. The van der Waals surface area contributed by atoms with E-state index in [1.54, 1.807) is 11.8 Å². The van der Waals surface area contributed by atoms with E-state index in [1.165, 1.54) is 0 Å². The lowest BCUT2D eigenvalue weighted by atomic mass is 9.89. The summed E-state index contributed by atoms with van der Waals surface area (Å²) < 4.78 is 0. The SMILES string of the molecule is CC.Cc1ccc2c(c1)CN([C@]1(C)CCC(=O)NC1=O)C2=O. The lowest BCUT2D eigenvalue weighted by Gasteiger charge is -2.39. The minimum atomic E-state index is -0.947. The maximum absolute atomic E-state index is 12.5. The first kappa shape index (κ1) is 16.2. The molecule has 5 nitrogen and oxygen atoms in total. The quantitative estimate of drug-likeness (QED) is 0.809. The van der Waals surface area contributed by atoms with Crippen molar-refractivity contribution in [2.24, 2.45) is 0 Å². The van der Waals surface area contributed by atoms with Gasteiger partial charge in [0.2, 0.25) is 5.91 Å². The number of nitrogens with one attached hydrogen (secondary N) is 1. The van der Waals surface area contributed by atoms with Gasteiger partial charge in [-0.25, -0.2) is 0 Å². The number of hydrogen-bond acceptors (Lipinski definition) is 3. The molecule has 1 saturated heterocycles. The largest absolute Gasteiger partial charge is 0.320 e. The predicted octanol–water partition coefficient (Wildman–Crippen LogP) is 2.17. The molecule has 2 aliphatic rings. The Morgan fingerprint density at radius 3 is 2.50 bits per heavy atom. The number of piperidine rings is 1. The monoisotopic (exact) mass is 302 g/mol. The van der Waals surface area contributed by atoms with Crippen molar-refractivity contribution in [3.05, 3.63) is 34.9 Å². The first-order valence-electron chi connectivity index (χ1n) is 7.67. The van der Waals surface area contributed by atoms with E-state index in [-0.39, 0.29) is 24.1 Å². The molecule has 1 N–H and O–H groups in total. The van der Waals surface area contributed by atoms with E-state index in [0.29, 0.717) is 18.5 Å². The zero-order valence-corrected chi connectivity index (χ0v) is 13.5. The normalized spacial score (nSPS) is 23.6. The van der Waals surface area contributed by atoms with Crippen molar-refractivity contribution in [1.82, 2.24) is 10.2 Å². The number of hydrogen-bond donors (Lipinski definition) is 1. The first-order valence-corrected chi connectivity index (χ1v) is 7.67. The number of rotatable bonds is 1. The van der Waals surface area contributed by atoms with E-state index in [1.807, 2.05) is 39.0 Å². The van der Waals surface area contributed by atoms with E-state index in [9.17, 15) is 14.4 Å². The van der Waals surface area contributed by atoms with Crippen molar-refractivity contribution in [2.75, 3.05) is 0 Å². The number of nitrogens with zero attached hydrogens (tertiary/aromatic N) is 1. The standard InChI is InChI=1S/C15H16N2O3.C2H6/c1-9-3-4-11-10(7-9)8-17(13(11)19)15(2)6-5-12(18)16-14(15)20;1-2/h3-4,7H,5-6,8H2,1-2H3,(H,16,18,20);1-2H3/t15-;/m1./s1. The van der Waals surface area contributed by atoms with Crippen LogP contribution in [0.25, 0.3) is 0 Å². The Hall–Kier alpha value is -2.17. The third kappa shape index (κ3) is 2.51. The molecule has 1 aromatic carbocycles. The summed E-state index contributed by atoms with van der Waals surface area (Å²) in [7, 11) is 0. The fraction of sp³-hybridized carbons (Fsp3) is 0.471. The number of benzene rings is 1. The van der Waals surface area contributed by atoms with Crippen LogP contribution < -0.4 is 5.32 Å². The van der Waals surface area contributed by atoms with E-state index in [0.717, 1.165) is 11.1 Å². The zero-order valence-electron chi connectivity index (χ0n) is 13.5. The third-order valence-electron chi connectivity index (χ3n) is 4.24. The van der Waals surface area contributed by atoms with Gasteiger partial charge in [0.25, 0.3) is 11.8 Å². The Labute approximate surface area is 130 Å². The average molecular weight is 302 g/mol. The number of fused-ring (bicyclic) bond motifs is 1. The van der Waals surface area contributed by atoms with Crippen molar-refractivity contribution in [3.8, 4) is 0 Å². The minimum absolute atomic E-state index is 0.132. The molecule has 0 aliphatic carbocycles. The molecule has 1 fully saturated rings. The average Bonchev–Trinajstić information content (AvgIpc) is 2.82. The number of carbonyl (C=O) groups is 3. The lowest BCUT2D eigenvalue weighted by Crippen LogP contribution is -2.61. The molecule has 3 rings (SSSR count). The highest BCUT2D eigenvalue weighted by molar-refractivity contribution is 6.07. The highest BCUT2D eigenvalue weighted by Gasteiger charge is 2.48. The van der Waals surface area contributed by atoms with Gasteiger partial charge < -0.3 is 4.90 Å². The van der Waals surface area contributed by atoms with Crippen molar-refractivity contribution in [3.63, 3.8) is 0 Å². The Morgan fingerprint density at radius 1 is 1.18 bits per heavy atom. The highest BCUT2D eigenvalue weighted by Crippen LogP contribution is 2.34. The van der Waals surface area contributed by atoms with Crippen LogP contribution in [0.5, 0.6) is 0 Å². The van der Waals surface area contributed by atoms with Crippen molar-refractivity contribution >= 4 is 17.7 Å². The molecule has 1 aromatic rings. The number of aryl methyl sites for hydroxylation is 1. The molecule has 0 bridgehead atoms. The lowest BCUT2D eigenvalue weighted by molar-refractivity contribution is -0.142. The van der Waals surface area contributed by atoms with Gasteiger partial charge in [0.15, 0.2) is 0 Å². The van der Waals surface area contributed by atoms with E-state index >= 15 is 0 Å². The second-order valence-corrected chi connectivity index (χ2v) is 5.70. The topological polar surface area (TPSA) is 66.5 Å². The first-order chi connectivity index (χ1) is 10.4. The van der Waals surface area contributed by atoms with Crippen molar-refractivity contribution in [2.45, 2.75) is 52.6 Å². The molecule has 2 aliphatic heterocycles. The number of amides is 3. The van der Waals surface area contributed by atoms with Crippen LogP contribution in [0.2, 0.25) is 0 Å². The third-order valence-corrected chi connectivity index (χ3v) is 4.24. The van der Waals surface area contributed by atoms with Gasteiger partial charge in [-0.15, -0.1) is 0 Å². The van der Waals surface area contributed by atoms with Crippen molar-refractivity contribution in [1.29, 1.82) is 0 Å². The Kier molecular flexibility index (Phi) is 4.35. The van der Waals surface area contributed by atoms with Gasteiger partial charge in [0, 0.05) is 18.5 Å². The minimum Gasteiger partial charge on any atom is -0.320 e. The fourth-order valence-corrected chi connectivity index (χ4v) is 2.90. The van der Waals surface area contributed by atoms with E-state index in [2.05, 4.69) is 5.32 Å². The summed E-state index contributed by atoms with van der Waals surface area (Å²) in [6.07, 6.45) is 0.637. The molecule has 1 atom stereocenters. The Bertz CT molecular complexity index is 639. The summed E-state index contributed by atoms with van der Waals surface area (Å²) in [5.74, 6) is -0.786. The van der Waals surface area contributed by atoms with Crippen LogP contribution in [0.1, 0.15) is 55.1 Å². The van der Waals surface area contributed by atoms with Gasteiger partial charge >= 0.3 is 0 Å². The summed E-state index contributed by atoms with van der Waals surface area (Å²) >= 11 is 0. The second kappa shape index (κ2) is 5.91. The van der Waals surface area contributed by atoms with Gasteiger partial charge in [0.05, 0.1) is 0 Å². The smallest absolute Gasteiger partial charge is 0.255 e. The number of imide groups is 1. The van der Waals surface area contributed by atoms with Crippen LogP contribution in [-0.4, -0.2) is 28.2 Å². The van der Waals surface area contributed by atoms with Gasteiger partial charge in [0.1, 0.15) is 5.54 Å². The Balaban J connectivity index is 0.000000847. The molecule has 3 amide bonds. The summed E-state index contributed by atoms with van der Waals surface area (Å²) in [4.78, 5) is 37.5. The molecule has 0 unspecified atom stereocenters.